The molecular weight excluding hydrogens is 360 g/mol. The molecule has 0 amide bonds. The average molecular weight is 393 g/mol. The SMILES string of the molecule is CCCCO[NH-].Cl.Cl.[C-]1=CC=CC1.[CH3-].[CH3-].[CH3-].[CH3-].[CH3-].[Zr]. The van der Waals surface area contributed by atoms with E-state index in [2.05, 4.69) is 23.9 Å². The molecular formula is C14H32Cl2NOZr-7. The summed E-state index contributed by atoms with van der Waals surface area (Å²) in [6, 6.07) is 0. The van der Waals surface area contributed by atoms with Crippen LogP contribution in [-0.4, -0.2) is 6.61 Å². The first-order valence-corrected chi connectivity index (χ1v) is 3.92. The van der Waals surface area contributed by atoms with Crippen LogP contribution in [-0.2, 0) is 31.0 Å². The molecule has 0 saturated carbocycles. The van der Waals surface area contributed by atoms with Gasteiger partial charge in [-0.2, -0.15) is 6.08 Å². The van der Waals surface area contributed by atoms with Crippen molar-refractivity contribution in [2.75, 3.05) is 6.61 Å². The molecule has 2 nitrogen and oxygen atoms in total. The maximum absolute atomic E-state index is 6.21. The van der Waals surface area contributed by atoms with Gasteiger partial charge in [0, 0.05) is 32.8 Å². The van der Waals surface area contributed by atoms with E-state index < -0.39 is 0 Å². The first-order valence-electron chi connectivity index (χ1n) is 3.92. The molecule has 0 radical (unpaired) electrons. The summed E-state index contributed by atoms with van der Waals surface area (Å²) in [5.41, 5.74) is 0. The topological polar surface area (TPSA) is 33.0 Å². The minimum Gasteiger partial charge on any atom is -0.549 e. The maximum atomic E-state index is 6.21. The fourth-order valence-electron chi connectivity index (χ4n) is 0.557. The summed E-state index contributed by atoms with van der Waals surface area (Å²) < 4.78 is 0. The van der Waals surface area contributed by atoms with E-state index in [0.717, 1.165) is 19.3 Å². The zero-order valence-electron chi connectivity index (χ0n) is 13.3. The standard InChI is InChI=1S/C5H5.C4H10NO.5CH3.2ClH.Zr/c1-2-4-5-3-1;1-2-3-4-6-5;;;;;;;;/h1-3H,4H2;5H,2-4H2,1H3;5*1H3;2*1H;/q7*-1;;;. The number of nitrogens with one attached hydrogen (secondary N) is 1. The molecule has 0 unspecified atom stereocenters. The molecule has 19 heavy (non-hydrogen) atoms. The van der Waals surface area contributed by atoms with Crippen LogP contribution in [0.1, 0.15) is 26.2 Å². The van der Waals surface area contributed by atoms with Crippen molar-refractivity contribution < 1.29 is 31.0 Å². The van der Waals surface area contributed by atoms with Crippen LogP contribution in [0.25, 0.3) is 5.90 Å². The molecule has 5 heteroatoms. The van der Waals surface area contributed by atoms with Gasteiger partial charge in [0.25, 0.3) is 0 Å². The molecule has 1 rings (SSSR count). The number of unbranched alkanes of at least 4 members (excludes halogenated alkanes) is 1. The van der Waals surface area contributed by atoms with Gasteiger partial charge in [-0.15, -0.1) is 31.2 Å². The van der Waals surface area contributed by atoms with E-state index in [9.17, 15) is 0 Å². The number of halogens is 2. The van der Waals surface area contributed by atoms with Gasteiger partial charge in [0.1, 0.15) is 0 Å². The van der Waals surface area contributed by atoms with Crippen LogP contribution in [0.3, 0.4) is 0 Å². The molecule has 0 atom stereocenters. The second-order valence-electron chi connectivity index (χ2n) is 2.21. The monoisotopic (exact) mass is 390 g/mol. The van der Waals surface area contributed by atoms with E-state index in [1.54, 1.807) is 0 Å². The molecule has 0 aromatic rings. The number of rotatable bonds is 3. The molecule has 0 heterocycles. The van der Waals surface area contributed by atoms with E-state index in [0.29, 0.717) is 6.61 Å². The van der Waals surface area contributed by atoms with Crippen molar-refractivity contribution in [3.63, 3.8) is 0 Å². The summed E-state index contributed by atoms with van der Waals surface area (Å²) in [6.07, 6.45) is 12.1. The Morgan fingerprint density at radius 3 is 1.68 bits per heavy atom. The van der Waals surface area contributed by atoms with Gasteiger partial charge < -0.3 is 47.9 Å². The fraction of sp³-hybridized carbons (Fsp3) is 0.357. The van der Waals surface area contributed by atoms with Crippen LogP contribution >= 0.6 is 24.8 Å². The van der Waals surface area contributed by atoms with Crippen molar-refractivity contribution in [2.24, 2.45) is 0 Å². The van der Waals surface area contributed by atoms with Gasteiger partial charge in [-0.25, -0.2) is 12.2 Å². The second kappa shape index (κ2) is 61.9. The van der Waals surface area contributed by atoms with Crippen LogP contribution in [0.5, 0.6) is 0 Å². The number of allylic oxidation sites excluding steroid dienone is 4. The van der Waals surface area contributed by atoms with Gasteiger partial charge in [0.2, 0.25) is 0 Å². The Kier molecular flexibility index (Phi) is 195. The summed E-state index contributed by atoms with van der Waals surface area (Å²) in [7, 11) is 0. The van der Waals surface area contributed by atoms with E-state index in [1.807, 2.05) is 12.2 Å². The number of hydrogen-bond donors (Lipinski definition) is 0. The van der Waals surface area contributed by atoms with E-state index >= 15 is 0 Å². The summed E-state index contributed by atoms with van der Waals surface area (Å²) in [4.78, 5) is 4.03. The normalized spacial score (nSPS) is 7.47. The Labute approximate surface area is 155 Å². The molecule has 0 aromatic heterocycles. The van der Waals surface area contributed by atoms with Crippen molar-refractivity contribution >= 4 is 24.8 Å². The predicted molar refractivity (Wildman–Crippen MR) is 93.3 cm³/mol. The van der Waals surface area contributed by atoms with Gasteiger partial charge in [0.15, 0.2) is 0 Å². The third-order valence-corrected chi connectivity index (χ3v) is 1.19. The molecule has 1 aliphatic carbocycles. The Bertz CT molecular complexity index is 121. The minimum absolute atomic E-state index is 0. The Hall–Kier alpha value is 0.863. The summed E-state index contributed by atoms with van der Waals surface area (Å²) in [5, 5.41) is 0. The fourth-order valence-corrected chi connectivity index (χ4v) is 0.557. The van der Waals surface area contributed by atoms with Crippen LogP contribution in [0.2, 0.25) is 0 Å². The van der Waals surface area contributed by atoms with Crippen molar-refractivity contribution in [1.82, 2.24) is 0 Å². The second-order valence-corrected chi connectivity index (χ2v) is 2.21. The summed E-state index contributed by atoms with van der Waals surface area (Å²) in [5.74, 6) is 6.21. The Balaban J connectivity index is -0.0000000106. The van der Waals surface area contributed by atoms with Crippen LogP contribution in [0.4, 0.5) is 0 Å². The third-order valence-electron chi connectivity index (χ3n) is 1.19. The molecule has 1 aliphatic rings. The van der Waals surface area contributed by atoms with Gasteiger partial charge in [-0.3, -0.25) is 6.08 Å². The number of hydrogen-bond acceptors (Lipinski definition) is 1. The van der Waals surface area contributed by atoms with Crippen molar-refractivity contribution in [1.29, 1.82) is 0 Å². The molecule has 124 valence electrons. The van der Waals surface area contributed by atoms with E-state index in [-0.39, 0.29) is 88.2 Å². The van der Waals surface area contributed by atoms with Gasteiger partial charge in [-0.1, -0.05) is 13.3 Å². The molecule has 0 saturated heterocycles. The van der Waals surface area contributed by atoms with Crippen molar-refractivity contribution in [3.8, 4) is 0 Å². The summed E-state index contributed by atoms with van der Waals surface area (Å²) >= 11 is 0. The van der Waals surface area contributed by atoms with E-state index in [1.165, 1.54) is 0 Å². The average Bonchev–Trinajstić information content (AvgIpc) is 2.57. The molecule has 0 spiro atoms. The zero-order chi connectivity index (χ0) is 8.36. The molecule has 0 fully saturated rings. The van der Waals surface area contributed by atoms with Gasteiger partial charge in [-0.05, 0) is 6.42 Å². The minimum atomic E-state index is 0. The van der Waals surface area contributed by atoms with Crippen LogP contribution in [0.15, 0.2) is 18.2 Å². The van der Waals surface area contributed by atoms with Crippen molar-refractivity contribution in [2.45, 2.75) is 26.2 Å². The molecule has 0 aromatic carbocycles. The predicted octanol–water partition coefficient (Wildman–Crippen LogP) is 6.17. The largest absolute Gasteiger partial charge is 0.549 e. The summed E-state index contributed by atoms with van der Waals surface area (Å²) in [6.45, 7) is 2.65. The van der Waals surface area contributed by atoms with E-state index in [4.69, 9.17) is 5.90 Å². The maximum Gasteiger partial charge on any atom is 0.0243 e. The first kappa shape index (κ1) is 59.9. The first-order chi connectivity index (χ1) is 5.41. The van der Waals surface area contributed by atoms with Crippen LogP contribution in [0, 0.1) is 43.2 Å². The van der Waals surface area contributed by atoms with Crippen LogP contribution < -0.4 is 0 Å². The van der Waals surface area contributed by atoms with Crippen molar-refractivity contribution in [3.05, 3.63) is 67.3 Å². The molecule has 0 aliphatic heterocycles. The van der Waals surface area contributed by atoms with Gasteiger partial charge in [0.05, 0.1) is 0 Å². The smallest absolute Gasteiger partial charge is 0.0243 e. The quantitative estimate of drug-likeness (QED) is 0.321. The zero-order valence-corrected chi connectivity index (χ0v) is 17.4. The molecule has 0 bridgehead atoms. The Morgan fingerprint density at radius 2 is 1.58 bits per heavy atom. The molecule has 1 N–H and O–H groups in total. The van der Waals surface area contributed by atoms with Gasteiger partial charge >= 0.3 is 0 Å². The third kappa shape index (κ3) is 68.3. The Morgan fingerprint density at radius 1 is 1.11 bits per heavy atom.